The van der Waals surface area contributed by atoms with E-state index >= 15 is 0 Å². The normalized spacial score (nSPS) is 18.1. The molecule has 1 N–H and O–H groups in total. The van der Waals surface area contributed by atoms with Crippen molar-refractivity contribution in [3.63, 3.8) is 0 Å². The molecule has 0 amide bonds. The number of hydrogen-bond acceptors (Lipinski definition) is 4. The van der Waals surface area contributed by atoms with E-state index in [1.807, 2.05) is 25.1 Å². The molecule has 4 nitrogen and oxygen atoms in total. The van der Waals surface area contributed by atoms with Gasteiger partial charge in [-0.25, -0.2) is 4.39 Å². The SMILES string of the molecule is CCOc1cc(CN2CCNCC2c2cccc(F)c2)ccc1OC. The lowest BCUT2D eigenvalue weighted by Crippen LogP contribution is -2.45. The van der Waals surface area contributed by atoms with Gasteiger partial charge in [0, 0.05) is 32.2 Å². The first-order chi connectivity index (χ1) is 12.2. The van der Waals surface area contributed by atoms with Crippen molar-refractivity contribution in [1.82, 2.24) is 10.2 Å². The topological polar surface area (TPSA) is 33.7 Å². The van der Waals surface area contributed by atoms with Crippen LogP contribution in [0.1, 0.15) is 24.1 Å². The highest BCUT2D eigenvalue weighted by Gasteiger charge is 2.24. The Morgan fingerprint density at radius 3 is 2.84 bits per heavy atom. The molecule has 1 aliphatic rings. The minimum absolute atomic E-state index is 0.155. The Kier molecular flexibility index (Phi) is 5.89. The van der Waals surface area contributed by atoms with Crippen LogP contribution in [0.5, 0.6) is 11.5 Å². The molecule has 25 heavy (non-hydrogen) atoms. The van der Waals surface area contributed by atoms with E-state index in [-0.39, 0.29) is 11.9 Å². The molecule has 1 atom stereocenters. The summed E-state index contributed by atoms with van der Waals surface area (Å²) < 4.78 is 24.7. The summed E-state index contributed by atoms with van der Waals surface area (Å²) in [5, 5.41) is 3.41. The average molecular weight is 344 g/mol. The number of rotatable bonds is 6. The number of methoxy groups -OCH3 is 1. The largest absolute Gasteiger partial charge is 0.493 e. The van der Waals surface area contributed by atoms with E-state index < -0.39 is 0 Å². The number of nitrogens with zero attached hydrogens (tertiary/aromatic N) is 1. The highest BCUT2D eigenvalue weighted by Crippen LogP contribution is 2.30. The summed E-state index contributed by atoms with van der Waals surface area (Å²) in [7, 11) is 1.65. The molecule has 1 unspecified atom stereocenters. The fourth-order valence-electron chi connectivity index (χ4n) is 3.30. The van der Waals surface area contributed by atoms with Crippen LogP contribution in [-0.4, -0.2) is 38.3 Å². The Morgan fingerprint density at radius 1 is 1.20 bits per heavy atom. The molecule has 5 heteroatoms. The molecule has 0 bridgehead atoms. The van der Waals surface area contributed by atoms with Crippen molar-refractivity contribution in [1.29, 1.82) is 0 Å². The second-order valence-electron chi connectivity index (χ2n) is 6.16. The molecule has 0 radical (unpaired) electrons. The van der Waals surface area contributed by atoms with Crippen molar-refractivity contribution < 1.29 is 13.9 Å². The van der Waals surface area contributed by atoms with Crippen LogP contribution in [0, 0.1) is 5.82 Å². The highest BCUT2D eigenvalue weighted by atomic mass is 19.1. The van der Waals surface area contributed by atoms with Gasteiger partial charge in [-0.1, -0.05) is 18.2 Å². The van der Waals surface area contributed by atoms with Gasteiger partial charge in [-0.2, -0.15) is 0 Å². The number of piperazine rings is 1. The molecule has 1 fully saturated rings. The number of nitrogens with one attached hydrogen (secondary N) is 1. The maximum absolute atomic E-state index is 13.6. The van der Waals surface area contributed by atoms with Gasteiger partial charge in [0.05, 0.1) is 13.7 Å². The molecule has 2 aromatic carbocycles. The van der Waals surface area contributed by atoms with Crippen molar-refractivity contribution in [3.8, 4) is 11.5 Å². The van der Waals surface area contributed by atoms with Crippen molar-refractivity contribution in [2.24, 2.45) is 0 Å². The van der Waals surface area contributed by atoms with Gasteiger partial charge in [-0.3, -0.25) is 4.90 Å². The summed E-state index contributed by atoms with van der Waals surface area (Å²) in [4.78, 5) is 2.38. The Labute approximate surface area is 148 Å². The van der Waals surface area contributed by atoms with Crippen molar-refractivity contribution >= 4 is 0 Å². The van der Waals surface area contributed by atoms with Crippen molar-refractivity contribution in [2.75, 3.05) is 33.4 Å². The number of ether oxygens (including phenoxy) is 2. The second kappa shape index (κ2) is 8.32. The van der Waals surface area contributed by atoms with Gasteiger partial charge in [0.25, 0.3) is 0 Å². The monoisotopic (exact) mass is 344 g/mol. The van der Waals surface area contributed by atoms with E-state index in [1.165, 1.54) is 6.07 Å². The first kappa shape index (κ1) is 17.7. The minimum Gasteiger partial charge on any atom is -0.493 e. The van der Waals surface area contributed by atoms with Crippen LogP contribution in [0.15, 0.2) is 42.5 Å². The predicted octanol–water partition coefficient (Wildman–Crippen LogP) is 3.38. The summed E-state index contributed by atoms with van der Waals surface area (Å²) in [6.45, 7) is 6.00. The third-order valence-electron chi connectivity index (χ3n) is 4.50. The van der Waals surface area contributed by atoms with Crippen LogP contribution in [-0.2, 0) is 6.54 Å². The zero-order valence-corrected chi connectivity index (χ0v) is 14.8. The first-order valence-electron chi connectivity index (χ1n) is 8.71. The smallest absolute Gasteiger partial charge is 0.161 e. The Balaban J connectivity index is 1.81. The van der Waals surface area contributed by atoms with Gasteiger partial charge >= 0.3 is 0 Å². The van der Waals surface area contributed by atoms with E-state index in [4.69, 9.17) is 9.47 Å². The Morgan fingerprint density at radius 2 is 2.08 bits per heavy atom. The van der Waals surface area contributed by atoms with Gasteiger partial charge < -0.3 is 14.8 Å². The van der Waals surface area contributed by atoms with Crippen molar-refractivity contribution in [2.45, 2.75) is 19.5 Å². The van der Waals surface area contributed by atoms with Crippen molar-refractivity contribution in [3.05, 3.63) is 59.4 Å². The Hall–Kier alpha value is -2.11. The molecule has 1 heterocycles. The quantitative estimate of drug-likeness (QED) is 0.871. The lowest BCUT2D eigenvalue weighted by Gasteiger charge is -2.36. The van der Waals surface area contributed by atoms with E-state index in [0.29, 0.717) is 6.61 Å². The molecule has 0 aliphatic carbocycles. The molecule has 0 saturated carbocycles. The standard InChI is InChI=1S/C20H25FN2O2/c1-3-25-20-11-15(7-8-19(20)24-2)14-23-10-9-22-13-18(23)16-5-4-6-17(21)12-16/h4-8,11-12,18,22H,3,9-10,13-14H2,1-2H3. The summed E-state index contributed by atoms with van der Waals surface area (Å²) >= 11 is 0. The molecule has 0 aromatic heterocycles. The minimum atomic E-state index is -0.189. The molecule has 1 saturated heterocycles. The second-order valence-corrected chi connectivity index (χ2v) is 6.16. The molecule has 3 rings (SSSR count). The first-order valence-corrected chi connectivity index (χ1v) is 8.71. The highest BCUT2D eigenvalue weighted by molar-refractivity contribution is 5.43. The predicted molar refractivity (Wildman–Crippen MR) is 96.6 cm³/mol. The van der Waals surface area contributed by atoms with Crippen LogP contribution >= 0.6 is 0 Å². The fraction of sp³-hybridized carbons (Fsp3) is 0.400. The number of halogens is 1. The van der Waals surface area contributed by atoms with Crippen LogP contribution in [0.4, 0.5) is 4.39 Å². The van der Waals surface area contributed by atoms with Gasteiger partial charge in [0.15, 0.2) is 11.5 Å². The van der Waals surface area contributed by atoms with E-state index in [9.17, 15) is 4.39 Å². The summed E-state index contributed by atoms with van der Waals surface area (Å²) in [5.74, 6) is 1.32. The summed E-state index contributed by atoms with van der Waals surface area (Å²) in [5.41, 5.74) is 2.17. The van der Waals surface area contributed by atoms with Gasteiger partial charge in [-0.15, -0.1) is 0 Å². The summed E-state index contributed by atoms with van der Waals surface area (Å²) in [6, 6.07) is 13.1. The van der Waals surface area contributed by atoms with Crippen LogP contribution < -0.4 is 14.8 Å². The molecule has 0 spiro atoms. The lowest BCUT2D eigenvalue weighted by atomic mass is 10.0. The van der Waals surface area contributed by atoms with Crippen LogP contribution in [0.25, 0.3) is 0 Å². The van der Waals surface area contributed by atoms with Gasteiger partial charge in [0.1, 0.15) is 5.82 Å². The molecular weight excluding hydrogens is 319 g/mol. The molecular formula is C20H25FN2O2. The van der Waals surface area contributed by atoms with Crippen LogP contribution in [0.2, 0.25) is 0 Å². The molecule has 2 aromatic rings. The Bertz CT molecular complexity index is 708. The number of benzene rings is 2. The molecule has 134 valence electrons. The fourth-order valence-corrected chi connectivity index (χ4v) is 3.30. The van der Waals surface area contributed by atoms with E-state index in [1.54, 1.807) is 19.2 Å². The van der Waals surface area contributed by atoms with Gasteiger partial charge in [0.2, 0.25) is 0 Å². The summed E-state index contributed by atoms with van der Waals surface area (Å²) in [6.07, 6.45) is 0. The van der Waals surface area contributed by atoms with Gasteiger partial charge in [-0.05, 0) is 42.3 Å². The number of hydrogen-bond donors (Lipinski definition) is 1. The third kappa shape index (κ3) is 4.30. The maximum Gasteiger partial charge on any atom is 0.161 e. The zero-order valence-electron chi connectivity index (χ0n) is 14.8. The third-order valence-corrected chi connectivity index (χ3v) is 4.50. The average Bonchev–Trinajstić information content (AvgIpc) is 2.63. The van der Waals surface area contributed by atoms with Crippen LogP contribution in [0.3, 0.4) is 0 Å². The maximum atomic E-state index is 13.6. The zero-order chi connectivity index (χ0) is 17.6. The molecule has 1 aliphatic heterocycles. The van der Waals surface area contributed by atoms with E-state index in [2.05, 4.69) is 16.3 Å². The lowest BCUT2D eigenvalue weighted by molar-refractivity contribution is 0.153. The van der Waals surface area contributed by atoms with E-state index in [0.717, 1.165) is 48.8 Å².